The number of carbonyl (C=O) groups excluding carboxylic acids is 2. The minimum absolute atomic E-state index is 0.200. The summed E-state index contributed by atoms with van der Waals surface area (Å²) in [5.41, 5.74) is 4.85. The fourth-order valence-corrected chi connectivity index (χ4v) is 3.30. The van der Waals surface area contributed by atoms with Crippen molar-refractivity contribution >= 4 is 11.8 Å². The smallest absolute Gasteiger partial charge is 0.342 e. The second-order valence-electron chi connectivity index (χ2n) is 6.94. The zero-order chi connectivity index (χ0) is 20.3. The molecule has 28 heavy (non-hydrogen) atoms. The molecule has 3 aromatic rings. The average molecular weight is 379 g/mol. The molecule has 0 amide bonds. The number of aromatic nitrogens is 3. The van der Waals surface area contributed by atoms with Crippen LogP contribution < -0.4 is 0 Å². The van der Waals surface area contributed by atoms with Crippen LogP contribution in [-0.4, -0.2) is 32.7 Å². The first-order valence-corrected chi connectivity index (χ1v) is 9.28. The van der Waals surface area contributed by atoms with Crippen molar-refractivity contribution < 1.29 is 14.3 Å². The normalized spacial score (nSPS) is 10.9. The summed E-state index contributed by atoms with van der Waals surface area (Å²) in [5.74, 6) is -0.731. The summed E-state index contributed by atoms with van der Waals surface area (Å²) >= 11 is 0. The number of Topliss-reactive ketones (excluding diaryl/α,β-unsaturated/α-hetero) is 1. The van der Waals surface area contributed by atoms with E-state index >= 15 is 0 Å². The molecule has 2 aromatic heterocycles. The highest BCUT2D eigenvalue weighted by Crippen LogP contribution is 2.17. The third kappa shape index (κ3) is 4.06. The van der Waals surface area contributed by atoms with Gasteiger partial charge < -0.3 is 9.30 Å². The van der Waals surface area contributed by atoms with Gasteiger partial charge in [-0.1, -0.05) is 30.3 Å². The van der Waals surface area contributed by atoms with Gasteiger partial charge in [0.05, 0.1) is 6.20 Å². The van der Waals surface area contributed by atoms with E-state index in [9.17, 15) is 9.59 Å². The molecular weight excluding hydrogens is 354 g/mol. The van der Waals surface area contributed by atoms with Gasteiger partial charge in [-0.25, -0.2) is 4.79 Å². The molecule has 0 saturated heterocycles. The Hall–Kier alpha value is -3.15. The van der Waals surface area contributed by atoms with Crippen LogP contribution >= 0.6 is 0 Å². The first kappa shape index (κ1) is 19.6. The summed E-state index contributed by atoms with van der Waals surface area (Å²) in [7, 11) is 1.75. The second kappa shape index (κ2) is 8.25. The van der Waals surface area contributed by atoms with Crippen LogP contribution in [0.15, 0.2) is 42.6 Å². The standard InChI is InChI=1S/C22H25N3O3/c1-15-12-19(17(3)25(15)11-10-18-8-6-5-7-9-18)21(26)14-28-22(27)20-13-23-24(4)16(20)2/h5-9,12-13H,10-11,14H2,1-4H3. The van der Waals surface area contributed by atoms with Gasteiger partial charge in [-0.05, 0) is 38.8 Å². The molecule has 0 aliphatic carbocycles. The Kier molecular flexibility index (Phi) is 5.78. The monoisotopic (exact) mass is 379 g/mol. The van der Waals surface area contributed by atoms with Crippen LogP contribution in [0.3, 0.4) is 0 Å². The minimum Gasteiger partial charge on any atom is -0.454 e. The van der Waals surface area contributed by atoms with Crippen molar-refractivity contribution in [3.05, 3.63) is 76.4 Å². The molecule has 0 unspecified atom stereocenters. The molecular formula is C22H25N3O3. The maximum Gasteiger partial charge on any atom is 0.342 e. The number of esters is 1. The van der Waals surface area contributed by atoms with Crippen molar-refractivity contribution in [1.82, 2.24) is 14.3 Å². The Labute approximate surface area is 164 Å². The maximum atomic E-state index is 12.6. The van der Waals surface area contributed by atoms with E-state index in [0.717, 1.165) is 24.4 Å². The lowest BCUT2D eigenvalue weighted by atomic mass is 10.1. The average Bonchev–Trinajstić information content (AvgIpc) is 3.17. The molecule has 6 heteroatoms. The van der Waals surface area contributed by atoms with Crippen LogP contribution in [0.2, 0.25) is 0 Å². The third-order valence-corrected chi connectivity index (χ3v) is 5.13. The summed E-state index contributed by atoms with van der Waals surface area (Å²) in [6.07, 6.45) is 2.34. The zero-order valence-electron chi connectivity index (χ0n) is 16.7. The van der Waals surface area contributed by atoms with Crippen molar-refractivity contribution in [3.63, 3.8) is 0 Å². The molecule has 0 N–H and O–H groups in total. The molecule has 2 heterocycles. The van der Waals surface area contributed by atoms with Crippen LogP contribution in [0.25, 0.3) is 0 Å². The fraction of sp³-hybridized carbons (Fsp3) is 0.318. The van der Waals surface area contributed by atoms with E-state index in [2.05, 4.69) is 21.8 Å². The number of rotatable bonds is 7. The van der Waals surface area contributed by atoms with E-state index < -0.39 is 5.97 Å². The highest BCUT2D eigenvalue weighted by molar-refractivity contribution is 6.00. The lowest BCUT2D eigenvalue weighted by Gasteiger charge is -2.10. The van der Waals surface area contributed by atoms with Crippen molar-refractivity contribution in [1.29, 1.82) is 0 Å². The molecule has 1 aromatic carbocycles. The number of benzene rings is 1. The van der Waals surface area contributed by atoms with E-state index in [1.165, 1.54) is 11.8 Å². The maximum absolute atomic E-state index is 12.6. The molecule has 0 radical (unpaired) electrons. The van der Waals surface area contributed by atoms with Gasteiger partial charge in [0, 0.05) is 36.2 Å². The Morgan fingerprint density at radius 2 is 1.75 bits per heavy atom. The van der Waals surface area contributed by atoms with Gasteiger partial charge in [-0.2, -0.15) is 5.10 Å². The van der Waals surface area contributed by atoms with Gasteiger partial charge >= 0.3 is 5.97 Å². The van der Waals surface area contributed by atoms with Crippen molar-refractivity contribution in [2.75, 3.05) is 6.61 Å². The number of hydrogen-bond donors (Lipinski definition) is 0. The number of hydrogen-bond acceptors (Lipinski definition) is 4. The van der Waals surface area contributed by atoms with E-state index in [4.69, 9.17) is 4.74 Å². The quantitative estimate of drug-likeness (QED) is 0.466. The summed E-state index contributed by atoms with van der Waals surface area (Å²) in [4.78, 5) is 24.8. The predicted octanol–water partition coefficient (Wildman–Crippen LogP) is 3.43. The van der Waals surface area contributed by atoms with Gasteiger partial charge in [0.1, 0.15) is 5.56 Å². The largest absolute Gasteiger partial charge is 0.454 e. The Morgan fingerprint density at radius 3 is 2.39 bits per heavy atom. The van der Waals surface area contributed by atoms with E-state index in [0.29, 0.717) is 16.8 Å². The number of ketones is 1. The van der Waals surface area contributed by atoms with Crippen LogP contribution in [0, 0.1) is 20.8 Å². The van der Waals surface area contributed by atoms with E-state index in [-0.39, 0.29) is 12.4 Å². The first-order chi connectivity index (χ1) is 13.4. The molecule has 0 spiro atoms. The Balaban J connectivity index is 1.65. The molecule has 0 fully saturated rings. The molecule has 0 bridgehead atoms. The van der Waals surface area contributed by atoms with Gasteiger partial charge in [0.2, 0.25) is 5.78 Å². The van der Waals surface area contributed by atoms with E-state index in [1.54, 1.807) is 18.7 Å². The second-order valence-corrected chi connectivity index (χ2v) is 6.94. The fourth-order valence-electron chi connectivity index (χ4n) is 3.30. The van der Waals surface area contributed by atoms with Gasteiger partial charge in [0.15, 0.2) is 6.61 Å². The van der Waals surface area contributed by atoms with Gasteiger partial charge in [-0.15, -0.1) is 0 Å². The predicted molar refractivity (Wildman–Crippen MR) is 107 cm³/mol. The molecule has 6 nitrogen and oxygen atoms in total. The summed E-state index contributed by atoms with van der Waals surface area (Å²) < 4.78 is 8.95. The number of aryl methyl sites for hydroxylation is 3. The van der Waals surface area contributed by atoms with Crippen LogP contribution in [0.4, 0.5) is 0 Å². The lowest BCUT2D eigenvalue weighted by molar-refractivity contribution is 0.0473. The third-order valence-electron chi connectivity index (χ3n) is 5.13. The summed E-state index contributed by atoms with van der Waals surface area (Å²) in [5, 5.41) is 4.02. The molecule has 0 atom stereocenters. The van der Waals surface area contributed by atoms with Crippen molar-refractivity contribution in [2.24, 2.45) is 7.05 Å². The van der Waals surface area contributed by atoms with Crippen molar-refractivity contribution in [3.8, 4) is 0 Å². The Bertz CT molecular complexity index is 1000. The van der Waals surface area contributed by atoms with E-state index in [1.807, 2.05) is 38.1 Å². The van der Waals surface area contributed by atoms with Crippen LogP contribution in [0.1, 0.15) is 43.4 Å². The van der Waals surface area contributed by atoms with Crippen LogP contribution in [0.5, 0.6) is 0 Å². The summed E-state index contributed by atoms with van der Waals surface area (Å²) in [6.45, 7) is 6.21. The Morgan fingerprint density at radius 1 is 1.04 bits per heavy atom. The van der Waals surface area contributed by atoms with Gasteiger partial charge in [-0.3, -0.25) is 9.48 Å². The SMILES string of the molecule is Cc1c(C(=O)OCC(=O)c2cc(C)n(CCc3ccccc3)c2C)cnn1C. The highest BCUT2D eigenvalue weighted by Gasteiger charge is 2.19. The van der Waals surface area contributed by atoms with Gasteiger partial charge in [0.25, 0.3) is 0 Å². The molecule has 0 saturated carbocycles. The van der Waals surface area contributed by atoms with Crippen LogP contribution in [-0.2, 0) is 24.8 Å². The topological polar surface area (TPSA) is 66.1 Å². The molecule has 0 aliphatic heterocycles. The summed E-state index contributed by atoms with van der Waals surface area (Å²) in [6, 6.07) is 12.1. The molecule has 0 aliphatic rings. The lowest BCUT2D eigenvalue weighted by Crippen LogP contribution is -2.15. The number of carbonyl (C=O) groups is 2. The van der Waals surface area contributed by atoms with Crippen molar-refractivity contribution in [2.45, 2.75) is 33.7 Å². The highest BCUT2D eigenvalue weighted by atomic mass is 16.5. The number of nitrogens with zero attached hydrogens (tertiary/aromatic N) is 3. The zero-order valence-corrected chi connectivity index (χ0v) is 16.7. The first-order valence-electron chi connectivity index (χ1n) is 9.28. The minimum atomic E-state index is -0.531. The number of ether oxygens (including phenoxy) is 1. The molecule has 146 valence electrons. The molecule has 3 rings (SSSR count).